The molecular formula is C21H31N5O4S. The summed E-state index contributed by atoms with van der Waals surface area (Å²) in [7, 11) is 3.24. The van der Waals surface area contributed by atoms with Crippen molar-refractivity contribution in [1.82, 2.24) is 25.0 Å². The SMILES string of the molecule is CCCc1n[nH]c(=S)n1CC(=O)NCC(c1ccc(OC)c(OC)c1)N1CCOCC1. The standard InChI is InChI=1S/C21H31N5O4S/c1-4-5-19-23-24-21(31)26(19)14-20(27)22-13-16(25-8-10-30-11-9-25)15-6-7-17(28-2)18(12-15)29-3/h6-7,12,16H,4-5,8-11,13-14H2,1-3H3,(H,22,27)(H,24,31). The molecular weight excluding hydrogens is 418 g/mol. The molecule has 10 heteroatoms. The molecule has 9 nitrogen and oxygen atoms in total. The van der Waals surface area contributed by atoms with Crippen molar-refractivity contribution in [1.29, 1.82) is 0 Å². The van der Waals surface area contributed by atoms with Gasteiger partial charge in [-0.25, -0.2) is 0 Å². The van der Waals surface area contributed by atoms with E-state index in [0.29, 0.717) is 36.0 Å². The Labute approximate surface area is 187 Å². The third-order valence-corrected chi connectivity index (χ3v) is 5.70. The molecule has 1 unspecified atom stereocenters. The van der Waals surface area contributed by atoms with Crippen LogP contribution >= 0.6 is 12.2 Å². The van der Waals surface area contributed by atoms with Crippen molar-refractivity contribution in [2.24, 2.45) is 0 Å². The molecule has 0 spiro atoms. The van der Waals surface area contributed by atoms with Gasteiger partial charge in [0.2, 0.25) is 5.91 Å². The summed E-state index contributed by atoms with van der Waals surface area (Å²) >= 11 is 5.29. The van der Waals surface area contributed by atoms with Crippen LogP contribution in [0, 0.1) is 4.77 Å². The van der Waals surface area contributed by atoms with E-state index in [1.165, 1.54) is 0 Å². The van der Waals surface area contributed by atoms with Gasteiger partial charge in [-0.1, -0.05) is 13.0 Å². The molecule has 1 saturated heterocycles. The average molecular weight is 450 g/mol. The first-order chi connectivity index (χ1) is 15.1. The predicted octanol–water partition coefficient (Wildman–Crippen LogP) is 2.10. The number of hydrogen-bond acceptors (Lipinski definition) is 7. The van der Waals surface area contributed by atoms with Crippen LogP contribution in [-0.2, 0) is 22.5 Å². The fourth-order valence-electron chi connectivity index (χ4n) is 3.74. The average Bonchev–Trinajstić information content (AvgIpc) is 3.13. The summed E-state index contributed by atoms with van der Waals surface area (Å²) in [4.78, 5) is 15.1. The zero-order chi connectivity index (χ0) is 22.2. The number of nitrogens with one attached hydrogen (secondary N) is 2. The number of carbonyl (C=O) groups excluding carboxylic acids is 1. The summed E-state index contributed by atoms with van der Waals surface area (Å²) < 4.78 is 18.6. The largest absolute Gasteiger partial charge is 0.493 e. The van der Waals surface area contributed by atoms with E-state index in [0.717, 1.165) is 37.3 Å². The van der Waals surface area contributed by atoms with E-state index in [1.54, 1.807) is 18.8 Å². The predicted molar refractivity (Wildman–Crippen MR) is 119 cm³/mol. The highest BCUT2D eigenvalue weighted by Gasteiger charge is 2.24. The van der Waals surface area contributed by atoms with Crippen molar-refractivity contribution in [3.8, 4) is 11.5 Å². The molecule has 0 radical (unpaired) electrons. The molecule has 0 saturated carbocycles. The number of amides is 1. The molecule has 2 aromatic rings. The summed E-state index contributed by atoms with van der Waals surface area (Å²) in [5.41, 5.74) is 1.05. The van der Waals surface area contributed by atoms with E-state index in [9.17, 15) is 4.79 Å². The Bertz CT molecular complexity index is 923. The van der Waals surface area contributed by atoms with Gasteiger partial charge >= 0.3 is 0 Å². The fourth-order valence-corrected chi connectivity index (χ4v) is 3.96. The zero-order valence-electron chi connectivity index (χ0n) is 18.3. The van der Waals surface area contributed by atoms with Crippen LogP contribution in [0.2, 0.25) is 0 Å². The van der Waals surface area contributed by atoms with Gasteiger partial charge in [-0.3, -0.25) is 19.4 Å². The van der Waals surface area contributed by atoms with E-state index in [-0.39, 0.29) is 18.5 Å². The van der Waals surface area contributed by atoms with E-state index in [4.69, 9.17) is 26.4 Å². The second-order valence-corrected chi connectivity index (χ2v) is 7.75. The van der Waals surface area contributed by atoms with Crippen LogP contribution in [0.1, 0.15) is 30.8 Å². The topological polar surface area (TPSA) is 93.6 Å². The maximum atomic E-state index is 12.8. The van der Waals surface area contributed by atoms with Crippen LogP contribution in [0.4, 0.5) is 0 Å². The molecule has 1 aromatic heterocycles. The van der Waals surface area contributed by atoms with Gasteiger partial charge in [-0.15, -0.1) is 0 Å². The summed E-state index contributed by atoms with van der Waals surface area (Å²) in [5, 5.41) is 10.1. The Morgan fingerprint density at radius 1 is 1.29 bits per heavy atom. The summed E-state index contributed by atoms with van der Waals surface area (Å²) in [6.45, 7) is 5.60. The lowest BCUT2D eigenvalue weighted by Gasteiger charge is -2.35. The van der Waals surface area contributed by atoms with Gasteiger partial charge in [0.05, 0.1) is 33.5 Å². The number of rotatable bonds is 10. The molecule has 2 heterocycles. The highest BCUT2D eigenvalue weighted by molar-refractivity contribution is 7.71. The number of ether oxygens (including phenoxy) is 3. The first-order valence-electron chi connectivity index (χ1n) is 10.5. The van der Waals surface area contributed by atoms with Gasteiger partial charge in [-0.2, -0.15) is 5.10 Å². The zero-order valence-corrected chi connectivity index (χ0v) is 19.2. The third kappa shape index (κ3) is 5.84. The van der Waals surface area contributed by atoms with Crippen molar-refractivity contribution in [2.75, 3.05) is 47.1 Å². The van der Waals surface area contributed by atoms with Crippen molar-refractivity contribution in [2.45, 2.75) is 32.4 Å². The van der Waals surface area contributed by atoms with Crippen molar-refractivity contribution < 1.29 is 19.0 Å². The number of aryl methyl sites for hydroxylation is 1. The number of aromatic amines is 1. The van der Waals surface area contributed by atoms with Gasteiger partial charge in [0.1, 0.15) is 12.4 Å². The number of hydrogen-bond donors (Lipinski definition) is 2. The van der Waals surface area contributed by atoms with Gasteiger partial charge in [0.25, 0.3) is 0 Å². The van der Waals surface area contributed by atoms with E-state index >= 15 is 0 Å². The first-order valence-corrected chi connectivity index (χ1v) is 10.9. The minimum absolute atomic E-state index is 0.0138. The maximum Gasteiger partial charge on any atom is 0.240 e. The molecule has 3 rings (SSSR count). The van der Waals surface area contributed by atoms with Crippen LogP contribution < -0.4 is 14.8 Å². The number of aromatic nitrogens is 3. The molecule has 1 aliphatic rings. The lowest BCUT2D eigenvalue weighted by Crippen LogP contribution is -2.44. The lowest BCUT2D eigenvalue weighted by molar-refractivity contribution is -0.122. The van der Waals surface area contributed by atoms with Crippen LogP contribution in [-0.4, -0.2) is 72.6 Å². The summed E-state index contributed by atoms with van der Waals surface area (Å²) in [6.07, 6.45) is 1.70. The Balaban J connectivity index is 1.74. The smallest absolute Gasteiger partial charge is 0.240 e. The number of carbonyl (C=O) groups is 1. The Kier molecular flexibility index (Phi) is 8.44. The molecule has 0 bridgehead atoms. The van der Waals surface area contributed by atoms with Gasteiger partial charge in [-0.05, 0) is 36.3 Å². The minimum Gasteiger partial charge on any atom is -0.493 e. The minimum atomic E-state index is -0.103. The molecule has 1 atom stereocenters. The van der Waals surface area contributed by atoms with E-state index in [2.05, 4.69) is 27.3 Å². The molecule has 1 aliphatic heterocycles. The highest BCUT2D eigenvalue weighted by atomic mass is 32.1. The fraction of sp³-hybridized carbons (Fsp3) is 0.571. The van der Waals surface area contributed by atoms with Crippen LogP contribution in [0.15, 0.2) is 18.2 Å². The van der Waals surface area contributed by atoms with Gasteiger partial charge < -0.3 is 19.5 Å². The van der Waals surface area contributed by atoms with Crippen LogP contribution in [0.3, 0.4) is 0 Å². The molecule has 2 N–H and O–H groups in total. The molecule has 0 aliphatic carbocycles. The van der Waals surface area contributed by atoms with Crippen LogP contribution in [0.25, 0.3) is 0 Å². The maximum absolute atomic E-state index is 12.8. The van der Waals surface area contributed by atoms with E-state index in [1.807, 2.05) is 18.2 Å². The monoisotopic (exact) mass is 449 g/mol. The summed E-state index contributed by atoms with van der Waals surface area (Å²) in [6, 6.07) is 5.86. The Morgan fingerprint density at radius 2 is 2.03 bits per heavy atom. The van der Waals surface area contributed by atoms with Gasteiger partial charge in [0.15, 0.2) is 16.3 Å². The molecule has 1 amide bonds. The van der Waals surface area contributed by atoms with Gasteiger partial charge in [0, 0.05) is 26.1 Å². The number of benzene rings is 1. The number of nitrogens with zero attached hydrogens (tertiary/aromatic N) is 3. The lowest BCUT2D eigenvalue weighted by atomic mass is 10.0. The Morgan fingerprint density at radius 3 is 2.71 bits per heavy atom. The molecule has 31 heavy (non-hydrogen) atoms. The van der Waals surface area contributed by atoms with Crippen molar-refractivity contribution in [3.63, 3.8) is 0 Å². The number of methoxy groups -OCH3 is 2. The van der Waals surface area contributed by atoms with Crippen molar-refractivity contribution in [3.05, 3.63) is 34.4 Å². The molecule has 1 aromatic carbocycles. The summed E-state index contributed by atoms with van der Waals surface area (Å²) in [5.74, 6) is 2.04. The first kappa shape index (κ1) is 23.2. The van der Waals surface area contributed by atoms with Crippen molar-refractivity contribution >= 4 is 18.1 Å². The highest BCUT2D eigenvalue weighted by Crippen LogP contribution is 2.32. The normalized spacial score (nSPS) is 15.5. The number of H-pyrrole nitrogens is 1. The van der Waals surface area contributed by atoms with E-state index < -0.39 is 0 Å². The third-order valence-electron chi connectivity index (χ3n) is 5.38. The molecule has 170 valence electrons. The second-order valence-electron chi connectivity index (χ2n) is 7.36. The quantitative estimate of drug-likeness (QED) is 0.537. The molecule has 1 fully saturated rings. The second kappa shape index (κ2) is 11.3. The van der Waals surface area contributed by atoms with Crippen LogP contribution in [0.5, 0.6) is 11.5 Å². The Hall–Kier alpha value is -2.43. The number of morpholine rings is 1.